The van der Waals surface area contributed by atoms with Crippen LogP contribution in [0.25, 0.3) is 6.08 Å². The van der Waals surface area contributed by atoms with E-state index in [1.165, 1.54) is 22.4 Å². The number of benzene rings is 2. The van der Waals surface area contributed by atoms with Crippen LogP contribution in [0.2, 0.25) is 0 Å². The van der Waals surface area contributed by atoms with E-state index in [-0.39, 0.29) is 12.4 Å². The standard InChI is InChI=1S/C24H30N4.ClH/c1-26(2)14-15-28-24(20-12-8-5-9-13-20)22-18-27(3)17-21(23(22)25-28)16-19-10-6-4-7-11-19;/h4-13,16,22,24H,14-15,17-18H2,1-3H3;1H/b21-16+;. The second-order valence-electron chi connectivity index (χ2n) is 8.19. The minimum atomic E-state index is 0. The first-order valence-electron chi connectivity index (χ1n) is 10.1. The van der Waals surface area contributed by atoms with Crippen molar-refractivity contribution in [1.82, 2.24) is 14.8 Å². The van der Waals surface area contributed by atoms with Crippen LogP contribution in [0.15, 0.2) is 71.3 Å². The van der Waals surface area contributed by atoms with Crippen molar-refractivity contribution >= 4 is 24.2 Å². The van der Waals surface area contributed by atoms with E-state index in [0.29, 0.717) is 12.0 Å². The Labute approximate surface area is 180 Å². The normalized spacial score (nSPS) is 23.1. The van der Waals surface area contributed by atoms with Gasteiger partial charge in [-0.2, -0.15) is 5.10 Å². The third-order valence-electron chi connectivity index (χ3n) is 5.63. The summed E-state index contributed by atoms with van der Waals surface area (Å²) in [5.41, 5.74) is 5.23. The summed E-state index contributed by atoms with van der Waals surface area (Å²) in [4.78, 5) is 4.67. The van der Waals surface area contributed by atoms with Crippen molar-refractivity contribution in [2.75, 3.05) is 47.3 Å². The Morgan fingerprint density at radius 1 is 1.03 bits per heavy atom. The molecule has 2 aromatic rings. The number of likely N-dealkylation sites (N-methyl/N-ethyl adjacent to an activating group) is 2. The summed E-state index contributed by atoms with van der Waals surface area (Å²) in [5.74, 6) is 0.401. The fraction of sp³-hybridized carbons (Fsp3) is 0.375. The summed E-state index contributed by atoms with van der Waals surface area (Å²) in [6, 6.07) is 21.8. The molecule has 29 heavy (non-hydrogen) atoms. The van der Waals surface area contributed by atoms with Gasteiger partial charge in [0.1, 0.15) is 0 Å². The van der Waals surface area contributed by atoms with Crippen LogP contribution in [-0.4, -0.2) is 67.8 Å². The van der Waals surface area contributed by atoms with Crippen molar-refractivity contribution in [1.29, 1.82) is 0 Å². The summed E-state index contributed by atoms with van der Waals surface area (Å²) >= 11 is 0. The fourth-order valence-corrected chi connectivity index (χ4v) is 4.31. The van der Waals surface area contributed by atoms with E-state index in [1.54, 1.807) is 0 Å². The van der Waals surface area contributed by atoms with Gasteiger partial charge in [0.15, 0.2) is 0 Å². The largest absolute Gasteiger partial charge is 0.308 e. The van der Waals surface area contributed by atoms with Crippen molar-refractivity contribution in [3.05, 3.63) is 77.4 Å². The van der Waals surface area contributed by atoms with E-state index in [2.05, 4.69) is 103 Å². The lowest BCUT2D eigenvalue weighted by atomic mass is 9.83. The van der Waals surface area contributed by atoms with Crippen molar-refractivity contribution in [3.8, 4) is 0 Å². The number of rotatable bonds is 5. The molecule has 0 amide bonds. The number of hydrogen-bond donors (Lipinski definition) is 0. The van der Waals surface area contributed by atoms with Gasteiger partial charge in [0.25, 0.3) is 0 Å². The number of halogens is 1. The van der Waals surface area contributed by atoms with Gasteiger partial charge in [-0.05, 0) is 43.9 Å². The second kappa shape index (κ2) is 9.57. The van der Waals surface area contributed by atoms with E-state index in [0.717, 1.165) is 26.2 Å². The maximum atomic E-state index is 5.18. The Morgan fingerprint density at radius 2 is 1.69 bits per heavy atom. The summed E-state index contributed by atoms with van der Waals surface area (Å²) in [5, 5.41) is 7.51. The van der Waals surface area contributed by atoms with Crippen LogP contribution < -0.4 is 0 Å². The summed E-state index contributed by atoms with van der Waals surface area (Å²) < 4.78 is 0. The monoisotopic (exact) mass is 410 g/mol. The molecule has 2 aromatic carbocycles. The molecule has 4 rings (SSSR count). The van der Waals surface area contributed by atoms with Crippen molar-refractivity contribution < 1.29 is 0 Å². The highest BCUT2D eigenvalue weighted by atomic mass is 35.5. The number of fused-ring (bicyclic) bond motifs is 1. The van der Waals surface area contributed by atoms with Crippen LogP contribution >= 0.6 is 12.4 Å². The van der Waals surface area contributed by atoms with Crippen LogP contribution in [0.1, 0.15) is 17.2 Å². The molecule has 0 aliphatic carbocycles. The molecule has 5 heteroatoms. The number of likely N-dealkylation sites (tertiary alicyclic amines) is 1. The Bertz CT molecular complexity index is 848. The van der Waals surface area contributed by atoms with Crippen LogP contribution in [0.5, 0.6) is 0 Å². The highest BCUT2D eigenvalue weighted by molar-refractivity contribution is 6.07. The maximum Gasteiger partial charge on any atom is 0.0817 e. The maximum absolute atomic E-state index is 5.18. The molecule has 2 aliphatic heterocycles. The van der Waals surface area contributed by atoms with Crippen molar-refractivity contribution in [3.63, 3.8) is 0 Å². The van der Waals surface area contributed by atoms with Gasteiger partial charge in [0.05, 0.1) is 11.8 Å². The molecule has 2 aliphatic rings. The molecular weight excluding hydrogens is 380 g/mol. The number of piperidine rings is 1. The number of nitrogens with zero attached hydrogens (tertiary/aromatic N) is 4. The van der Waals surface area contributed by atoms with E-state index in [4.69, 9.17) is 5.10 Å². The Morgan fingerprint density at radius 3 is 2.34 bits per heavy atom. The molecule has 2 atom stereocenters. The average Bonchev–Trinajstić information content (AvgIpc) is 3.06. The van der Waals surface area contributed by atoms with E-state index >= 15 is 0 Å². The van der Waals surface area contributed by atoms with Gasteiger partial charge in [0, 0.05) is 32.1 Å². The van der Waals surface area contributed by atoms with Crippen LogP contribution in [0.4, 0.5) is 0 Å². The molecule has 2 unspecified atom stereocenters. The lowest BCUT2D eigenvalue weighted by Crippen LogP contribution is -2.42. The molecular formula is C24H31ClN4. The zero-order chi connectivity index (χ0) is 19.5. The third kappa shape index (κ3) is 4.89. The Kier molecular flexibility index (Phi) is 7.12. The van der Waals surface area contributed by atoms with Gasteiger partial charge < -0.3 is 9.80 Å². The minimum Gasteiger partial charge on any atom is -0.308 e. The van der Waals surface area contributed by atoms with Gasteiger partial charge in [0.2, 0.25) is 0 Å². The van der Waals surface area contributed by atoms with E-state index in [1.807, 2.05) is 0 Å². The molecule has 0 N–H and O–H groups in total. The fourth-order valence-electron chi connectivity index (χ4n) is 4.31. The second-order valence-corrected chi connectivity index (χ2v) is 8.19. The first kappa shape index (κ1) is 21.6. The zero-order valence-corrected chi connectivity index (χ0v) is 18.3. The number of hydrazone groups is 1. The quantitative estimate of drug-likeness (QED) is 0.743. The van der Waals surface area contributed by atoms with E-state index in [9.17, 15) is 0 Å². The number of hydrogen-bond acceptors (Lipinski definition) is 4. The molecule has 0 spiro atoms. The van der Waals surface area contributed by atoms with E-state index < -0.39 is 0 Å². The Balaban J connectivity index is 0.00000240. The molecule has 4 nitrogen and oxygen atoms in total. The molecule has 1 fully saturated rings. The summed E-state index contributed by atoms with van der Waals surface area (Å²) in [7, 11) is 6.48. The summed E-state index contributed by atoms with van der Waals surface area (Å²) in [6.07, 6.45) is 2.32. The molecule has 1 saturated heterocycles. The zero-order valence-electron chi connectivity index (χ0n) is 17.5. The molecule has 2 heterocycles. The predicted molar refractivity (Wildman–Crippen MR) is 125 cm³/mol. The molecule has 154 valence electrons. The smallest absolute Gasteiger partial charge is 0.0817 e. The van der Waals surface area contributed by atoms with Crippen LogP contribution in [0.3, 0.4) is 0 Å². The van der Waals surface area contributed by atoms with Gasteiger partial charge >= 0.3 is 0 Å². The lowest BCUT2D eigenvalue weighted by Gasteiger charge is -2.35. The van der Waals surface area contributed by atoms with Gasteiger partial charge in [-0.1, -0.05) is 60.7 Å². The molecule has 0 aromatic heterocycles. The topological polar surface area (TPSA) is 22.1 Å². The van der Waals surface area contributed by atoms with Crippen LogP contribution in [0, 0.1) is 5.92 Å². The highest BCUT2D eigenvalue weighted by Gasteiger charge is 2.42. The minimum absolute atomic E-state index is 0. The van der Waals surface area contributed by atoms with Crippen molar-refractivity contribution in [2.45, 2.75) is 6.04 Å². The summed E-state index contributed by atoms with van der Waals surface area (Å²) in [6.45, 7) is 3.94. The van der Waals surface area contributed by atoms with Gasteiger partial charge in [-0.15, -0.1) is 12.4 Å². The Hall–Kier alpha value is -2.14. The van der Waals surface area contributed by atoms with Gasteiger partial charge in [-0.3, -0.25) is 5.01 Å². The first-order chi connectivity index (χ1) is 13.6. The van der Waals surface area contributed by atoms with Gasteiger partial charge in [-0.25, -0.2) is 0 Å². The molecule has 0 radical (unpaired) electrons. The average molecular weight is 411 g/mol. The first-order valence-corrected chi connectivity index (χ1v) is 10.1. The molecule has 0 saturated carbocycles. The third-order valence-corrected chi connectivity index (χ3v) is 5.63. The van der Waals surface area contributed by atoms with Crippen LogP contribution in [-0.2, 0) is 0 Å². The SMILES string of the molecule is CN(C)CCN1N=C2/C(=C/c3ccccc3)CN(C)CC2C1c1ccccc1.Cl. The highest BCUT2D eigenvalue weighted by Crippen LogP contribution is 2.40. The molecule has 0 bridgehead atoms. The lowest BCUT2D eigenvalue weighted by molar-refractivity contribution is 0.165. The predicted octanol–water partition coefficient (Wildman–Crippen LogP) is 4.03. The van der Waals surface area contributed by atoms with Crippen molar-refractivity contribution in [2.24, 2.45) is 11.0 Å².